The second-order valence-corrected chi connectivity index (χ2v) is 5.31. The Morgan fingerprint density at radius 3 is 2.78 bits per heavy atom. The van der Waals surface area contributed by atoms with Gasteiger partial charge in [-0.3, -0.25) is 5.32 Å². The van der Waals surface area contributed by atoms with Crippen molar-refractivity contribution in [1.82, 2.24) is 5.32 Å². The predicted octanol–water partition coefficient (Wildman–Crippen LogP) is 3.80. The highest BCUT2D eigenvalue weighted by Gasteiger charge is 2.12. The van der Waals surface area contributed by atoms with E-state index >= 15 is 0 Å². The van der Waals surface area contributed by atoms with Crippen molar-refractivity contribution in [2.24, 2.45) is 0 Å². The molecule has 1 aromatic carbocycles. The lowest BCUT2D eigenvalue weighted by Crippen LogP contribution is -2.22. The number of halogens is 1. The van der Waals surface area contributed by atoms with Crippen LogP contribution in [0.5, 0.6) is 0 Å². The Morgan fingerprint density at radius 1 is 1.28 bits per heavy atom. The van der Waals surface area contributed by atoms with Crippen molar-refractivity contribution in [2.45, 2.75) is 12.5 Å². The summed E-state index contributed by atoms with van der Waals surface area (Å²) in [7, 11) is 0. The molecule has 0 amide bonds. The first-order valence-corrected chi connectivity index (χ1v) is 6.97. The zero-order chi connectivity index (χ0) is 12.8. The molecule has 4 heteroatoms. The number of nitrogens with one attached hydrogen (secondary N) is 1. The van der Waals surface area contributed by atoms with Gasteiger partial charge in [-0.2, -0.15) is 5.26 Å². The van der Waals surface area contributed by atoms with Crippen molar-refractivity contribution < 1.29 is 0 Å². The summed E-state index contributed by atoms with van der Waals surface area (Å²) in [5.74, 6) is 0. The lowest BCUT2D eigenvalue weighted by Gasteiger charge is -2.12. The van der Waals surface area contributed by atoms with E-state index in [1.165, 1.54) is 4.88 Å². The molecule has 18 heavy (non-hydrogen) atoms. The summed E-state index contributed by atoms with van der Waals surface area (Å²) in [5, 5.41) is 15.1. The van der Waals surface area contributed by atoms with Gasteiger partial charge in [-0.05, 0) is 23.9 Å². The van der Waals surface area contributed by atoms with Crippen LogP contribution in [0.3, 0.4) is 0 Å². The minimum absolute atomic E-state index is 0.348. The van der Waals surface area contributed by atoms with Gasteiger partial charge in [-0.1, -0.05) is 35.9 Å². The lowest BCUT2D eigenvalue weighted by molar-refractivity contribution is 0.632. The minimum atomic E-state index is -0.348. The summed E-state index contributed by atoms with van der Waals surface area (Å²) < 4.78 is 0. The summed E-state index contributed by atoms with van der Waals surface area (Å²) in [6.45, 7) is 0.768. The smallest absolute Gasteiger partial charge is 0.122 e. The quantitative estimate of drug-likeness (QED) is 0.902. The average Bonchev–Trinajstić information content (AvgIpc) is 2.89. The van der Waals surface area contributed by atoms with Crippen LogP contribution in [0.4, 0.5) is 0 Å². The molecule has 0 aliphatic carbocycles. The molecule has 0 aliphatic rings. The average molecular weight is 277 g/mol. The van der Waals surface area contributed by atoms with Gasteiger partial charge in [-0.15, -0.1) is 11.3 Å². The van der Waals surface area contributed by atoms with Gasteiger partial charge in [0.1, 0.15) is 6.04 Å². The monoisotopic (exact) mass is 276 g/mol. The molecule has 1 atom stereocenters. The van der Waals surface area contributed by atoms with E-state index in [2.05, 4.69) is 22.8 Å². The molecule has 0 radical (unpaired) electrons. The Bertz CT molecular complexity index is 531. The van der Waals surface area contributed by atoms with Crippen molar-refractivity contribution >= 4 is 22.9 Å². The van der Waals surface area contributed by atoms with Crippen LogP contribution < -0.4 is 5.32 Å². The third kappa shape index (κ3) is 3.33. The Morgan fingerprint density at radius 2 is 2.11 bits per heavy atom. The van der Waals surface area contributed by atoms with Gasteiger partial charge in [-0.25, -0.2) is 0 Å². The van der Waals surface area contributed by atoms with Crippen LogP contribution in [-0.4, -0.2) is 6.54 Å². The maximum atomic E-state index is 9.19. The van der Waals surface area contributed by atoms with E-state index in [0.717, 1.165) is 18.5 Å². The third-order valence-electron chi connectivity index (χ3n) is 2.65. The number of nitrogens with zero attached hydrogens (tertiary/aromatic N) is 1. The van der Waals surface area contributed by atoms with E-state index in [9.17, 15) is 5.26 Å². The fourth-order valence-corrected chi connectivity index (χ4v) is 2.68. The summed E-state index contributed by atoms with van der Waals surface area (Å²) in [5.41, 5.74) is 0.841. The molecule has 0 saturated heterocycles. The molecule has 92 valence electrons. The molecule has 1 N–H and O–H groups in total. The van der Waals surface area contributed by atoms with Gasteiger partial charge in [0.05, 0.1) is 6.07 Å². The largest absolute Gasteiger partial charge is 0.298 e. The molecule has 2 aromatic rings. The van der Waals surface area contributed by atoms with Crippen molar-refractivity contribution in [3.63, 3.8) is 0 Å². The van der Waals surface area contributed by atoms with Crippen molar-refractivity contribution in [1.29, 1.82) is 5.26 Å². The Labute approximate surface area is 116 Å². The minimum Gasteiger partial charge on any atom is -0.298 e. The summed E-state index contributed by atoms with van der Waals surface area (Å²) >= 11 is 7.82. The van der Waals surface area contributed by atoms with Crippen LogP contribution in [0, 0.1) is 11.3 Å². The zero-order valence-electron chi connectivity index (χ0n) is 9.77. The molecule has 0 saturated carbocycles. The second-order valence-electron chi connectivity index (χ2n) is 3.87. The SMILES string of the molecule is N#C[C@@H](NCCc1cccs1)c1ccccc1Cl. The van der Waals surface area contributed by atoms with Crippen LogP contribution in [-0.2, 0) is 6.42 Å². The predicted molar refractivity (Wildman–Crippen MR) is 75.8 cm³/mol. The van der Waals surface area contributed by atoms with Gasteiger partial charge in [0.2, 0.25) is 0 Å². The first-order valence-electron chi connectivity index (χ1n) is 5.71. The van der Waals surface area contributed by atoms with E-state index in [1.54, 1.807) is 11.3 Å². The maximum absolute atomic E-state index is 9.19. The first-order chi connectivity index (χ1) is 8.81. The Balaban J connectivity index is 1.94. The highest BCUT2D eigenvalue weighted by atomic mass is 35.5. The Kier molecular flexibility index (Phi) is 4.77. The van der Waals surface area contributed by atoms with Gasteiger partial charge < -0.3 is 0 Å². The van der Waals surface area contributed by atoms with Crippen LogP contribution in [0.25, 0.3) is 0 Å². The van der Waals surface area contributed by atoms with Crippen molar-refractivity contribution in [3.8, 4) is 6.07 Å². The van der Waals surface area contributed by atoms with Crippen molar-refractivity contribution in [3.05, 3.63) is 57.2 Å². The molecule has 0 fully saturated rings. The summed E-state index contributed by atoms with van der Waals surface area (Å²) in [4.78, 5) is 1.32. The fraction of sp³-hybridized carbons (Fsp3) is 0.214. The molecule has 0 aliphatic heterocycles. The molecule has 2 rings (SSSR count). The summed E-state index contributed by atoms with van der Waals surface area (Å²) in [6, 6.07) is 13.5. The molecule has 2 nitrogen and oxygen atoms in total. The molecular formula is C14H13ClN2S. The van der Waals surface area contributed by atoms with Crippen molar-refractivity contribution in [2.75, 3.05) is 6.54 Å². The van der Waals surface area contributed by atoms with Gasteiger partial charge in [0, 0.05) is 22.0 Å². The van der Waals surface area contributed by atoms with Gasteiger partial charge in [0.25, 0.3) is 0 Å². The number of hydrogen-bond donors (Lipinski definition) is 1. The highest BCUT2D eigenvalue weighted by molar-refractivity contribution is 7.09. The lowest BCUT2D eigenvalue weighted by atomic mass is 10.1. The van der Waals surface area contributed by atoms with E-state index in [4.69, 9.17) is 11.6 Å². The van der Waals surface area contributed by atoms with Crippen LogP contribution in [0.15, 0.2) is 41.8 Å². The number of rotatable bonds is 5. The molecule has 0 spiro atoms. The standard InChI is InChI=1S/C14H13ClN2S/c15-13-6-2-1-5-12(13)14(10-16)17-8-7-11-4-3-9-18-11/h1-6,9,14,17H,7-8H2/t14-/m1/s1. The van der Waals surface area contributed by atoms with Crippen LogP contribution in [0.1, 0.15) is 16.5 Å². The van der Waals surface area contributed by atoms with Crippen LogP contribution in [0.2, 0.25) is 5.02 Å². The molecule has 1 heterocycles. The fourth-order valence-electron chi connectivity index (χ4n) is 1.73. The van der Waals surface area contributed by atoms with E-state index in [1.807, 2.05) is 30.3 Å². The van der Waals surface area contributed by atoms with E-state index in [-0.39, 0.29) is 6.04 Å². The van der Waals surface area contributed by atoms with E-state index in [0.29, 0.717) is 5.02 Å². The van der Waals surface area contributed by atoms with E-state index < -0.39 is 0 Å². The number of thiophene rings is 1. The zero-order valence-corrected chi connectivity index (χ0v) is 11.3. The normalized spacial score (nSPS) is 12.0. The molecule has 0 unspecified atom stereocenters. The molecular weight excluding hydrogens is 264 g/mol. The third-order valence-corrected chi connectivity index (χ3v) is 3.93. The second kappa shape index (κ2) is 6.55. The topological polar surface area (TPSA) is 35.8 Å². The van der Waals surface area contributed by atoms with Crippen LogP contribution >= 0.6 is 22.9 Å². The number of hydrogen-bond acceptors (Lipinski definition) is 3. The van der Waals surface area contributed by atoms with Gasteiger partial charge in [0.15, 0.2) is 0 Å². The first kappa shape index (κ1) is 13.1. The Hall–Kier alpha value is -1.34. The summed E-state index contributed by atoms with van der Waals surface area (Å²) in [6.07, 6.45) is 0.931. The maximum Gasteiger partial charge on any atom is 0.122 e. The molecule has 0 bridgehead atoms. The number of nitriles is 1. The molecule has 1 aromatic heterocycles. The van der Waals surface area contributed by atoms with Gasteiger partial charge >= 0.3 is 0 Å². The number of benzene rings is 1. The highest BCUT2D eigenvalue weighted by Crippen LogP contribution is 2.22.